The molecule has 0 saturated carbocycles. The molecule has 0 spiro atoms. The van der Waals surface area contributed by atoms with Crippen LogP contribution in [0.3, 0.4) is 0 Å². The fraction of sp³-hybridized carbons (Fsp3) is 0.300. The number of benzene rings is 2. The van der Waals surface area contributed by atoms with Gasteiger partial charge in [-0.2, -0.15) is 0 Å². The van der Waals surface area contributed by atoms with E-state index in [1.54, 1.807) is 12.1 Å². The van der Waals surface area contributed by atoms with Crippen molar-refractivity contribution in [1.29, 1.82) is 0 Å². The Morgan fingerprint density at radius 1 is 1.00 bits per heavy atom. The average Bonchev–Trinajstić information content (AvgIpc) is 2.56. The van der Waals surface area contributed by atoms with Gasteiger partial charge >= 0.3 is 5.97 Å². The molecule has 4 nitrogen and oxygen atoms in total. The molecule has 0 heterocycles. The number of halogens is 2. The van der Waals surface area contributed by atoms with Crippen molar-refractivity contribution in [1.82, 2.24) is 5.32 Å². The van der Waals surface area contributed by atoms with Crippen LogP contribution in [0.5, 0.6) is 0 Å². The molecule has 0 unspecified atom stereocenters. The van der Waals surface area contributed by atoms with Crippen molar-refractivity contribution >= 4 is 44.1 Å². The number of hydrogen-bond donors (Lipinski definition) is 1. The maximum atomic E-state index is 11.4. The van der Waals surface area contributed by atoms with Gasteiger partial charge in [-0.3, -0.25) is 9.59 Å². The molecule has 0 bridgehead atoms. The van der Waals surface area contributed by atoms with Gasteiger partial charge in [0.25, 0.3) is 0 Å². The fourth-order valence-corrected chi connectivity index (χ4v) is 2.36. The number of aldehydes is 1. The molecule has 1 N–H and O–H groups in total. The molecule has 0 radical (unpaired) electrons. The van der Waals surface area contributed by atoms with Crippen LogP contribution in [-0.2, 0) is 16.1 Å². The number of carbonyl (C=O) groups is 2. The monoisotopic (exact) mass is 483 g/mol. The van der Waals surface area contributed by atoms with E-state index < -0.39 is 5.60 Å². The van der Waals surface area contributed by atoms with Crippen LogP contribution in [0.4, 0.5) is 0 Å². The van der Waals surface area contributed by atoms with Crippen molar-refractivity contribution in [2.45, 2.75) is 32.9 Å². The number of esters is 1. The zero-order valence-electron chi connectivity index (χ0n) is 15.1. The maximum Gasteiger partial charge on any atom is 0.320 e. The quantitative estimate of drug-likeness (QED) is 0.471. The lowest BCUT2D eigenvalue weighted by Gasteiger charge is -2.19. The van der Waals surface area contributed by atoms with E-state index in [9.17, 15) is 9.59 Å². The first-order chi connectivity index (χ1) is 12.2. The minimum absolute atomic E-state index is 0.227. The molecule has 2 rings (SSSR count). The summed E-state index contributed by atoms with van der Waals surface area (Å²) in [5, 5.41) is 3.05. The average molecular weight is 485 g/mol. The predicted octanol–water partition coefficient (Wildman–Crippen LogP) is 5.14. The SMILES string of the molecule is CC(C)(C)OC(=O)CNCc1ccc(Br)cc1.O=Cc1ccc(Br)cc1. The van der Waals surface area contributed by atoms with E-state index in [1.165, 1.54) is 0 Å². The van der Waals surface area contributed by atoms with Gasteiger partial charge in [-0.05, 0) is 50.6 Å². The summed E-state index contributed by atoms with van der Waals surface area (Å²) in [7, 11) is 0. The zero-order valence-corrected chi connectivity index (χ0v) is 18.3. The third-order valence-corrected chi connectivity index (χ3v) is 4.00. The van der Waals surface area contributed by atoms with Crippen LogP contribution < -0.4 is 5.32 Å². The Labute approximate surface area is 171 Å². The predicted molar refractivity (Wildman–Crippen MR) is 111 cm³/mol. The fourth-order valence-electron chi connectivity index (χ4n) is 1.83. The first-order valence-corrected chi connectivity index (χ1v) is 9.66. The van der Waals surface area contributed by atoms with Crippen LogP contribution in [0.25, 0.3) is 0 Å². The van der Waals surface area contributed by atoms with Crippen LogP contribution in [-0.4, -0.2) is 24.4 Å². The summed E-state index contributed by atoms with van der Waals surface area (Å²) >= 11 is 6.63. The second-order valence-corrected chi connectivity index (χ2v) is 8.32. The molecule has 0 atom stereocenters. The summed E-state index contributed by atoms with van der Waals surface area (Å²) < 4.78 is 7.23. The summed E-state index contributed by atoms with van der Waals surface area (Å²) in [5.41, 5.74) is 1.42. The minimum Gasteiger partial charge on any atom is -0.459 e. The maximum absolute atomic E-state index is 11.4. The Morgan fingerprint density at radius 3 is 1.96 bits per heavy atom. The van der Waals surface area contributed by atoms with Gasteiger partial charge in [0.2, 0.25) is 0 Å². The van der Waals surface area contributed by atoms with Gasteiger partial charge in [-0.25, -0.2) is 0 Å². The first kappa shape index (κ1) is 22.5. The van der Waals surface area contributed by atoms with E-state index in [0.29, 0.717) is 12.1 Å². The molecular weight excluding hydrogens is 462 g/mol. The Kier molecular flexibility index (Phi) is 9.76. The smallest absolute Gasteiger partial charge is 0.320 e. The highest BCUT2D eigenvalue weighted by atomic mass is 79.9. The third kappa shape index (κ3) is 10.5. The molecular formula is C20H23Br2NO3. The molecule has 0 amide bonds. The van der Waals surface area contributed by atoms with Crippen molar-refractivity contribution in [3.05, 3.63) is 68.6 Å². The Hall–Kier alpha value is -1.50. The van der Waals surface area contributed by atoms with Crippen LogP contribution in [0.1, 0.15) is 36.7 Å². The van der Waals surface area contributed by atoms with Crippen molar-refractivity contribution in [3.8, 4) is 0 Å². The molecule has 0 fully saturated rings. The second-order valence-electron chi connectivity index (χ2n) is 6.49. The van der Waals surface area contributed by atoms with Crippen molar-refractivity contribution < 1.29 is 14.3 Å². The molecule has 0 saturated heterocycles. The molecule has 26 heavy (non-hydrogen) atoms. The minimum atomic E-state index is -0.420. The lowest BCUT2D eigenvalue weighted by molar-refractivity contribution is -0.153. The van der Waals surface area contributed by atoms with Gasteiger partial charge in [0, 0.05) is 21.1 Å². The number of carbonyl (C=O) groups excluding carboxylic acids is 2. The van der Waals surface area contributed by atoms with E-state index in [1.807, 2.05) is 57.2 Å². The number of hydrogen-bond acceptors (Lipinski definition) is 4. The first-order valence-electron chi connectivity index (χ1n) is 8.07. The van der Waals surface area contributed by atoms with Gasteiger partial charge in [-0.15, -0.1) is 0 Å². The molecule has 2 aromatic carbocycles. The van der Waals surface area contributed by atoms with E-state index in [2.05, 4.69) is 37.2 Å². The molecule has 0 aromatic heterocycles. The van der Waals surface area contributed by atoms with Gasteiger partial charge in [-0.1, -0.05) is 56.1 Å². The molecule has 2 aromatic rings. The second kappa shape index (κ2) is 11.3. The highest BCUT2D eigenvalue weighted by Crippen LogP contribution is 2.10. The summed E-state index contributed by atoms with van der Waals surface area (Å²) in [6.07, 6.45) is 0.826. The third-order valence-electron chi connectivity index (χ3n) is 2.94. The standard InChI is InChI=1S/C13H18BrNO2.C7H5BrO/c1-13(2,3)17-12(16)9-15-8-10-4-6-11(14)7-5-10;8-7-3-1-6(5-9)2-4-7/h4-7,15H,8-9H2,1-3H3;1-5H. The van der Waals surface area contributed by atoms with Crippen molar-refractivity contribution in [2.24, 2.45) is 0 Å². The Bertz CT molecular complexity index is 692. The Balaban J connectivity index is 0.000000314. The number of rotatable bonds is 5. The molecule has 140 valence electrons. The van der Waals surface area contributed by atoms with Gasteiger partial charge < -0.3 is 10.1 Å². The largest absolute Gasteiger partial charge is 0.459 e. The van der Waals surface area contributed by atoms with Gasteiger partial charge in [0.15, 0.2) is 0 Å². The molecule has 6 heteroatoms. The highest BCUT2D eigenvalue weighted by molar-refractivity contribution is 9.10. The number of nitrogens with one attached hydrogen (secondary N) is 1. The summed E-state index contributed by atoms with van der Waals surface area (Å²) in [5.74, 6) is -0.227. The lowest BCUT2D eigenvalue weighted by atomic mass is 10.2. The summed E-state index contributed by atoms with van der Waals surface area (Å²) in [4.78, 5) is 21.5. The van der Waals surface area contributed by atoms with Crippen molar-refractivity contribution in [2.75, 3.05) is 6.54 Å². The van der Waals surface area contributed by atoms with E-state index in [0.717, 1.165) is 20.8 Å². The van der Waals surface area contributed by atoms with E-state index in [4.69, 9.17) is 4.74 Å². The van der Waals surface area contributed by atoms with Crippen LogP contribution >= 0.6 is 31.9 Å². The Morgan fingerprint density at radius 2 is 1.50 bits per heavy atom. The zero-order chi connectivity index (χ0) is 19.6. The topological polar surface area (TPSA) is 55.4 Å². The number of ether oxygens (including phenoxy) is 1. The highest BCUT2D eigenvalue weighted by Gasteiger charge is 2.15. The molecule has 0 aliphatic heterocycles. The summed E-state index contributed by atoms with van der Waals surface area (Å²) in [6.45, 7) is 6.47. The lowest BCUT2D eigenvalue weighted by Crippen LogP contribution is -2.31. The van der Waals surface area contributed by atoms with Crippen LogP contribution in [0.15, 0.2) is 57.5 Å². The van der Waals surface area contributed by atoms with Gasteiger partial charge in [0.1, 0.15) is 11.9 Å². The van der Waals surface area contributed by atoms with E-state index in [-0.39, 0.29) is 12.5 Å². The van der Waals surface area contributed by atoms with Crippen LogP contribution in [0, 0.1) is 0 Å². The molecule has 0 aliphatic carbocycles. The van der Waals surface area contributed by atoms with Crippen molar-refractivity contribution in [3.63, 3.8) is 0 Å². The van der Waals surface area contributed by atoms with Gasteiger partial charge in [0.05, 0.1) is 6.54 Å². The summed E-state index contributed by atoms with van der Waals surface area (Å²) in [6, 6.07) is 15.2. The normalized spacial score (nSPS) is 10.5. The molecule has 0 aliphatic rings. The van der Waals surface area contributed by atoms with Crippen LogP contribution in [0.2, 0.25) is 0 Å². The van der Waals surface area contributed by atoms with E-state index >= 15 is 0 Å².